The Balaban J connectivity index is 1.68. The van der Waals surface area contributed by atoms with Gasteiger partial charge in [-0.1, -0.05) is 24.3 Å². The maximum atomic E-state index is 8.86. The number of ether oxygens (including phenoxy) is 1. The van der Waals surface area contributed by atoms with Gasteiger partial charge in [-0.3, -0.25) is 0 Å². The van der Waals surface area contributed by atoms with Crippen molar-refractivity contribution in [3.05, 3.63) is 77.9 Å². The molecule has 110 valence electrons. The summed E-state index contributed by atoms with van der Waals surface area (Å²) in [6.45, 7) is 0.617. The largest absolute Gasteiger partial charge is 0.488 e. The molecule has 3 nitrogen and oxygen atoms in total. The van der Waals surface area contributed by atoms with E-state index in [4.69, 9.17) is 10.00 Å². The van der Waals surface area contributed by atoms with Crippen molar-refractivity contribution in [3.63, 3.8) is 0 Å². The van der Waals surface area contributed by atoms with Gasteiger partial charge < -0.3 is 10.1 Å². The number of benzene rings is 3. The monoisotopic (exact) mass is 298 g/mol. The van der Waals surface area contributed by atoms with Crippen molar-refractivity contribution in [3.8, 4) is 22.9 Å². The molecule has 1 heterocycles. The smallest absolute Gasteiger partial charge is 0.127 e. The van der Waals surface area contributed by atoms with Gasteiger partial charge in [-0.15, -0.1) is 0 Å². The highest BCUT2D eigenvalue weighted by atomic mass is 16.5. The molecule has 3 heteroatoms. The molecule has 0 saturated heterocycles. The van der Waals surface area contributed by atoms with Crippen LogP contribution < -0.4 is 10.1 Å². The Bertz CT molecular complexity index is 908. The average molecular weight is 298 g/mol. The molecule has 3 aromatic rings. The van der Waals surface area contributed by atoms with Crippen molar-refractivity contribution < 1.29 is 4.74 Å². The van der Waals surface area contributed by atoms with Crippen LogP contribution >= 0.6 is 0 Å². The molecule has 4 rings (SSSR count). The fourth-order valence-electron chi connectivity index (χ4n) is 2.80. The van der Waals surface area contributed by atoms with Crippen LogP contribution in [-0.4, -0.2) is 0 Å². The van der Waals surface area contributed by atoms with Gasteiger partial charge in [0, 0.05) is 16.9 Å². The standard InChI is InChI=1S/C20H14N2O/c21-12-14-5-7-16(8-6-14)22-17-9-10-20-19(11-17)18-4-2-1-3-15(18)13-23-20/h1-11,22H,13H2. The SMILES string of the molecule is N#Cc1ccc(Nc2ccc3c(c2)-c2ccccc2CO3)cc1. The van der Waals surface area contributed by atoms with E-state index in [0.717, 1.165) is 22.7 Å². The van der Waals surface area contributed by atoms with E-state index in [0.29, 0.717) is 12.2 Å². The molecular formula is C20H14N2O. The van der Waals surface area contributed by atoms with Crippen molar-refractivity contribution in [1.82, 2.24) is 0 Å². The molecule has 0 bridgehead atoms. The van der Waals surface area contributed by atoms with Crippen LogP contribution in [0.15, 0.2) is 66.7 Å². The number of anilines is 2. The molecule has 0 radical (unpaired) electrons. The lowest BCUT2D eigenvalue weighted by molar-refractivity contribution is 0.302. The highest BCUT2D eigenvalue weighted by Crippen LogP contribution is 2.39. The molecule has 0 spiro atoms. The van der Waals surface area contributed by atoms with Crippen molar-refractivity contribution in [2.75, 3.05) is 5.32 Å². The van der Waals surface area contributed by atoms with Crippen LogP contribution in [0.4, 0.5) is 11.4 Å². The molecule has 0 fully saturated rings. The zero-order valence-corrected chi connectivity index (χ0v) is 12.4. The van der Waals surface area contributed by atoms with Gasteiger partial charge in [-0.2, -0.15) is 5.26 Å². The molecule has 23 heavy (non-hydrogen) atoms. The van der Waals surface area contributed by atoms with Crippen LogP contribution in [0.3, 0.4) is 0 Å². The number of hydrogen-bond acceptors (Lipinski definition) is 3. The number of fused-ring (bicyclic) bond motifs is 3. The highest BCUT2D eigenvalue weighted by Gasteiger charge is 2.16. The van der Waals surface area contributed by atoms with Gasteiger partial charge in [0.15, 0.2) is 0 Å². The van der Waals surface area contributed by atoms with Gasteiger partial charge in [-0.25, -0.2) is 0 Å². The van der Waals surface area contributed by atoms with Gasteiger partial charge in [0.1, 0.15) is 12.4 Å². The maximum absolute atomic E-state index is 8.86. The molecule has 0 aliphatic carbocycles. The molecule has 0 unspecified atom stereocenters. The summed E-state index contributed by atoms with van der Waals surface area (Å²) in [6, 6.07) is 24.0. The minimum atomic E-state index is 0.617. The van der Waals surface area contributed by atoms with E-state index >= 15 is 0 Å². The van der Waals surface area contributed by atoms with E-state index in [1.807, 2.05) is 30.3 Å². The molecule has 3 aromatic carbocycles. The Morgan fingerprint density at radius 2 is 1.65 bits per heavy atom. The van der Waals surface area contributed by atoms with Gasteiger partial charge in [-0.05, 0) is 53.6 Å². The van der Waals surface area contributed by atoms with Crippen LogP contribution in [0.25, 0.3) is 11.1 Å². The molecule has 1 N–H and O–H groups in total. The van der Waals surface area contributed by atoms with Gasteiger partial charge in [0.25, 0.3) is 0 Å². The van der Waals surface area contributed by atoms with Gasteiger partial charge in [0.2, 0.25) is 0 Å². The zero-order valence-electron chi connectivity index (χ0n) is 12.4. The van der Waals surface area contributed by atoms with Gasteiger partial charge >= 0.3 is 0 Å². The summed E-state index contributed by atoms with van der Waals surface area (Å²) < 4.78 is 5.82. The van der Waals surface area contributed by atoms with Gasteiger partial charge in [0.05, 0.1) is 11.6 Å². The van der Waals surface area contributed by atoms with Crippen molar-refractivity contribution >= 4 is 11.4 Å². The average Bonchev–Trinajstić information content (AvgIpc) is 2.62. The Hall–Kier alpha value is -3.25. The molecule has 0 amide bonds. The Kier molecular flexibility index (Phi) is 3.21. The first kappa shape index (κ1) is 13.4. The third kappa shape index (κ3) is 2.51. The first-order valence-corrected chi connectivity index (χ1v) is 7.46. The summed E-state index contributed by atoms with van der Waals surface area (Å²) in [5, 5.41) is 12.2. The number of rotatable bonds is 2. The van der Waals surface area contributed by atoms with E-state index in [-0.39, 0.29) is 0 Å². The number of nitrogens with zero attached hydrogens (tertiary/aromatic N) is 1. The van der Waals surface area contributed by atoms with E-state index in [1.54, 1.807) is 12.1 Å². The number of nitriles is 1. The van der Waals surface area contributed by atoms with Crippen molar-refractivity contribution in [2.24, 2.45) is 0 Å². The lowest BCUT2D eigenvalue weighted by atomic mass is 9.96. The second-order valence-corrected chi connectivity index (χ2v) is 5.47. The molecule has 1 aliphatic heterocycles. The van der Waals surface area contributed by atoms with E-state index in [2.05, 4.69) is 35.7 Å². The zero-order chi connectivity index (χ0) is 15.6. The van der Waals surface area contributed by atoms with E-state index in [1.165, 1.54) is 11.1 Å². The first-order valence-electron chi connectivity index (χ1n) is 7.46. The Labute approximate surface area is 134 Å². The van der Waals surface area contributed by atoms with Crippen LogP contribution in [0, 0.1) is 11.3 Å². The third-order valence-corrected chi connectivity index (χ3v) is 3.97. The summed E-state index contributed by atoms with van der Waals surface area (Å²) in [4.78, 5) is 0. The Morgan fingerprint density at radius 3 is 2.48 bits per heavy atom. The number of nitrogens with one attached hydrogen (secondary N) is 1. The van der Waals surface area contributed by atoms with E-state index < -0.39 is 0 Å². The van der Waals surface area contributed by atoms with Crippen LogP contribution in [-0.2, 0) is 6.61 Å². The second kappa shape index (κ2) is 5.51. The maximum Gasteiger partial charge on any atom is 0.127 e. The molecule has 0 aromatic heterocycles. The quantitative estimate of drug-likeness (QED) is 0.734. The van der Waals surface area contributed by atoms with Crippen LogP contribution in [0.2, 0.25) is 0 Å². The minimum absolute atomic E-state index is 0.617. The normalized spacial score (nSPS) is 11.6. The summed E-state index contributed by atoms with van der Waals surface area (Å²) in [7, 11) is 0. The Morgan fingerprint density at radius 1 is 0.870 bits per heavy atom. The summed E-state index contributed by atoms with van der Waals surface area (Å²) in [6.07, 6.45) is 0. The molecule has 0 saturated carbocycles. The lowest BCUT2D eigenvalue weighted by Gasteiger charge is -2.21. The molecular weight excluding hydrogens is 284 g/mol. The van der Waals surface area contributed by atoms with Crippen molar-refractivity contribution in [1.29, 1.82) is 5.26 Å². The minimum Gasteiger partial charge on any atom is -0.488 e. The molecule has 1 aliphatic rings. The van der Waals surface area contributed by atoms with Crippen LogP contribution in [0.1, 0.15) is 11.1 Å². The summed E-state index contributed by atoms with van der Waals surface area (Å²) in [5.74, 6) is 0.911. The fraction of sp³-hybridized carbons (Fsp3) is 0.0500. The van der Waals surface area contributed by atoms with Crippen LogP contribution in [0.5, 0.6) is 5.75 Å². The number of hydrogen-bond donors (Lipinski definition) is 1. The predicted molar refractivity (Wildman–Crippen MR) is 90.6 cm³/mol. The topological polar surface area (TPSA) is 45.0 Å². The summed E-state index contributed by atoms with van der Waals surface area (Å²) >= 11 is 0. The predicted octanol–water partition coefficient (Wildman–Crippen LogP) is 4.86. The fourth-order valence-corrected chi connectivity index (χ4v) is 2.80. The molecule has 0 atom stereocenters. The first-order chi connectivity index (χ1) is 11.3. The third-order valence-electron chi connectivity index (χ3n) is 3.97. The summed E-state index contributed by atoms with van der Waals surface area (Å²) in [5.41, 5.74) is 6.13. The lowest BCUT2D eigenvalue weighted by Crippen LogP contribution is -2.05. The highest BCUT2D eigenvalue weighted by molar-refractivity contribution is 5.79. The second-order valence-electron chi connectivity index (χ2n) is 5.47. The van der Waals surface area contributed by atoms with E-state index in [9.17, 15) is 0 Å². The van der Waals surface area contributed by atoms with Crippen molar-refractivity contribution in [2.45, 2.75) is 6.61 Å².